The molecule has 0 aromatic heterocycles. The number of carbonyl (C=O) groups excluding carboxylic acids is 1. The molecule has 3 N–H and O–H groups in total. The first kappa shape index (κ1) is 10.9. The summed E-state index contributed by atoms with van der Waals surface area (Å²) in [5, 5.41) is 21.1. The van der Waals surface area contributed by atoms with Gasteiger partial charge in [0.1, 0.15) is 0 Å². The zero-order chi connectivity index (χ0) is 10.7. The standard InChI is InChI=1S/C8H13NO5/c1-14-8(13)5-3-9-2-4(6(5)10)7(11)12/h4-6,9-10H,2-3H2,1H3,(H,11,12)/t4-,5+,6-/m0/s1. The van der Waals surface area contributed by atoms with Gasteiger partial charge in [0.25, 0.3) is 0 Å². The lowest BCUT2D eigenvalue weighted by Crippen LogP contribution is -2.52. The number of hydrogen-bond donors (Lipinski definition) is 3. The summed E-state index contributed by atoms with van der Waals surface area (Å²) in [7, 11) is 1.21. The van der Waals surface area contributed by atoms with Crippen LogP contribution in [0.15, 0.2) is 0 Å². The van der Waals surface area contributed by atoms with E-state index in [4.69, 9.17) is 5.11 Å². The number of carboxylic acid groups (broad SMARTS) is 1. The van der Waals surface area contributed by atoms with Crippen LogP contribution < -0.4 is 5.32 Å². The molecule has 1 aliphatic heterocycles. The molecule has 1 heterocycles. The van der Waals surface area contributed by atoms with E-state index in [1.165, 1.54) is 7.11 Å². The van der Waals surface area contributed by atoms with Gasteiger partial charge in [0, 0.05) is 13.1 Å². The molecule has 0 spiro atoms. The predicted octanol–water partition coefficient (Wildman–Crippen LogP) is -1.56. The normalized spacial score (nSPS) is 32.3. The van der Waals surface area contributed by atoms with Gasteiger partial charge < -0.3 is 20.3 Å². The van der Waals surface area contributed by atoms with Gasteiger partial charge in [0.2, 0.25) is 0 Å². The van der Waals surface area contributed by atoms with Crippen molar-refractivity contribution in [1.82, 2.24) is 5.32 Å². The van der Waals surface area contributed by atoms with E-state index in [0.29, 0.717) is 0 Å². The predicted molar refractivity (Wildman–Crippen MR) is 45.5 cm³/mol. The second-order valence-electron chi connectivity index (χ2n) is 3.22. The van der Waals surface area contributed by atoms with E-state index in [2.05, 4.69) is 10.1 Å². The third-order valence-electron chi connectivity index (χ3n) is 2.37. The van der Waals surface area contributed by atoms with Crippen molar-refractivity contribution < 1.29 is 24.5 Å². The van der Waals surface area contributed by atoms with Gasteiger partial charge in [-0.25, -0.2) is 0 Å². The lowest BCUT2D eigenvalue weighted by atomic mass is 9.87. The number of nitrogens with one attached hydrogen (secondary N) is 1. The molecule has 14 heavy (non-hydrogen) atoms. The van der Waals surface area contributed by atoms with Crippen molar-refractivity contribution in [2.45, 2.75) is 6.10 Å². The summed E-state index contributed by atoms with van der Waals surface area (Å²) in [5.41, 5.74) is 0. The molecule has 0 aliphatic carbocycles. The van der Waals surface area contributed by atoms with Gasteiger partial charge in [0.15, 0.2) is 0 Å². The van der Waals surface area contributed by atoms with Crippen LogP contribution in [0, 0.1) is 11.8 Å². The minimum absolute atomic E-state index is 0.171. The number of aliphatic hydroxyl groups is 1. The van der Waals surface area contributed by atoms with Crippen molar-refractivity contribution >= 4 is 11.9 Å². The van der Waals surface area contributed by atoms with Gasteiger partial charge in [0.05, 0.1) is 25.0 Å². The Kier molecular flexibility index (Phi) is 3.43. The van der Waals surface area contributed by atoms with Crippen molar-refractivity contribution in [2.24, 2.45) is 11.8 Å². The van der Waals surface area contributed by atoms with E-state index in [9.17, 15) is 14.7 Å². The average molecular weight is 203 g/mol. The van der Waals surface area contributed by atoms with E-state index < -0.39 is 29.9 Å². The first-order valence-corrected chi connectivity index (χ1v) is 4.27. The summed E-state index contributed by atoms with van der Waals surface area (Å²) >= 11 is 0. The molecule has 6 nitrogen and oxygen atoms in total. The fraction of sp³-hybridized carbons (Fsp3) is 0.750. The van der Waals surface area contributed by atoms with Crippen LogP contribution in [-0.4, -0.2) is 48.5 Å². The zero-order valence-corrected chi connectivity index (χ0v) is 7.77. The molecule has 1 rings (SSSR count). The second-order valence-corrected chi connectivity index (χ2v) is 3.22. The summed E-state index contributed by atoms with van der Waals surface area (Å²) in [6.07, 6.45) is -1.18. The zero-order valence-electron chi connectivity index (χ0n) is 7.77. The van der Waals surface area contributed by atoms with Crippen LogP contribution in [0.1, 0.15) is 0 Å². The van der Waals surface area contributed by atoms with Gasteiger partial charge >= 0.3 is 11.9 Å². The minimum Gasteiger partial charge on any atom is -0.481 e. The highest BCUT2D eigenvalue weighted by atomic mass is 16.5. The molecule has 6 heteroatoms. The quantitative estimate of drug-likeness (QED) is 0.470. The fourth-order valence-corrected chi connectivity index (χ4v) is 1.52. The number of esters is 1. The van der Waals surface area contributed by atoms with Gasteiger partial charge in [-0.1, -0.05) is 0 Å². The van der Waals surface area contributed by atoms with Crippen molar-refractivity contribution in [2.75, 3.05) is 20.2 Å². The van der Waals surface area contributed by atoms with Crippen LogP contribution in [0.4, 0.5) is 0 Å². The van der Waals surface area contributed by atoms with Crippen LogP contribution in [0.3, 0.4) is 0 Å². The number of carboxylic acids is 1. The molecular weight excluding hydrogens is 190 g/mol. The smallest absolute Gasteiger partial charge is 0.312 e. The van der Waals surface area contributed by atoms with Gasteiger partial charge in [-0.3, -0.25) is 9.59 Å². The Morgan fingerprint density at radius 1 is 1.36 bits per heavy atom. The number of aliphatic hydroxyl groups excluding tert-OH is 1. The number of rotatable bonds is 2. The maximum Gasteiger partial charge on any atom is 0.312 e. The maximum atomic E-state index is 11.1. The molecule has 0 unspecified atom stereocenters. The van der Waals surface area contributed by atoms with E-state index in [-0.39, 0.29) is 13.1 Å². The van der Waals surface area contributed by atoms with E-state index in [0.717, 1.165) is 0 Å². The number of aliphatic carboxylic acids is 1. The first-order chi connectivity index (χ1) is 6.57. The molecule has 80 valence electrons. The third kappa shape index (κ3) is 2.02. The Labute approximate surface area is 80.9 Å². The SMILES string of the molecule is COC(=O)[C@@H]1CNC[C@H](C(=O)O)[C@@H]1O. The van der Waals surface area contributed by atoms with Crippen LogP contribution in [-0.2, 0) is 14.3 Å². The summed E-state index contributed by atoms with van der Waals surface area (Å²) < 4.78 is 4.46. The minimum atomic E-state index is -1.18. The Hall–Kier alpha value is -1.14. The monoisotopic (exact) mass is 203 g/mol. The number of ether oxygens (including phenoxy) is 1. The van der Waals surface area contributed by atoms with Gasteiger partial charge in [-0.2, -0.15) is 0 Å². The summed E-state index contributed by atoms with van der Waals surface area (Å²) in [4.78, 5) is 21.8. The molecule has 0 amide bonds. The van der Waals surface area contributed by atoms with Crippen LogP contribution in [0.25, 0.3) is 0 Å². The highest BCUT2D eigenvalue weighted by molar-refractivity contribution is 5.77. The van der Waals surface area contributed by atoms with Crippen molar-refractivity contribution in [3.05, 3.63) is 0 Å². The van der Waals surface area contributed by atoms with E-state index in [1.807, 2.05) is 0 Å². The number of piperidine rings is 1. The van der Waals surface area contributed by atoms with Crippen LogP contribution in [0.2, 0.25) is 0 Å². The molecule has 1 fully saturated rings. The lowest BCUT2D eigenvalue weighted by Gasteiger charge is -2.31. The molecule has 3 atom stereocenters. The molecule has 0 saturated carbocycles. The second kappa shape index (κ2) is 4.39. The Bertz CT molecular complexity index is 242. The van der Waals surface area contributed by atoms with Gasteiger partial charge in [-0.05, 0) is 0 Å². The number of methoxy groups -OCH3 is 1. The molecule has 1 aliphatic rings. The van der Waals surface area contributed by atoms with Crippen molar-refractivity contribution in [1.29, 1.82) is 0 Å². The Morgan fingerprint density at radius 3 is 2.43 bits per heavy atom. The highest BCUT2D eigenvalue weighted by Gasteiger charge is 2.40. The molecule has 0 aromatic rings. The lowest BCUT2D eigenvalue weighted by molar-refractivity contribution is -0.158. The number of hydrogen-bond acceptors (Lipinski definition) is 5. The molecule has 0 radical (unpaired) electrons. The fourth-order valence-electron chi connectivity index (χ4n) is 1.52. The summed E-state index contributed by atoms with van der Waals surface area (Å²) in [6, 6.07) is 0. The molecule has 0 aromatic carbocycles. The third-order valence-corrected chi connectivity index (χ3v) is 2.37. The summed E-state index contributed by atoms with van der Waals surface area (Å²) in [5.74, 6) is -3.45. The first-order valence-electron chi connectivity index (χ1n) is 4.27. The van der Waals surface area contributed by atoms with E-state index in [1.54, 1.807) is 0 Å². The molecule has 1 saturated heterocycles. The highest BCUT2D eigenvalue weighted by Crippen LogP contribution is 2.18. The van der Waals surface area contributed by atoms with Crippen LogP contribution >= 0.6 is 0 Å². The topological polar surface area (TPSA) is 95.9 Å². The van der Waals surface area contributed by atoms with Gasteiger partial charge in [-0.15, -0.1) is 0 Å². The number of carbonyl (C=O) groups is 2. The largest absolute Gasteiger partial charge is 0.481 e. The summed E-state index contributed by atoms with van der Waals surface area (Å²) in [6.45, 7) is 0.418. The van der Waals surface area contributed by atoms with E-state index >= 15 is 0 Å². The Balaban J connectivity index is 2.70. The molecule has 0 bridgehead atoms. The van der Waals surface area contributed by atoms with Crippen LogP contribution in [0.5, 0.6) is 0 Å². The molecular formula is C8H13NO5. The maximum absolute atomic E-state index is 11.1. The van der Waals surface area contributed by atoms with Crippen molar-refractivity contribution in [3.8, 4) is 0 Å². The Morgan fingerprint density at radius 2 is 1.93 bits per heavy atom. The average Bonchev–Trinajstić information content (AvgIpc) is 2.16. The van der Waals surface area contributed by atoms with Crippen molar-refractivity contribution in [3.63, 3.8) is 0 Å².